The van der Waals surface area contributed by atoms with E-state index in [9.17, 15) is 4.79 Å². The standard InChI is InChI=1S/C17H14N2O/c20-13-9-10-19-15-8-4-7-14(12-5-2-1-3-6-12)17(15)18-16(19)11-13/h1-8H,9-11H2. The Hall–Kier alpha value is -2.42. The summed E-state index contributed by atoms with van der Waals surface area (Å²) in [5, 5.41) is 0. The van der Waals surface area contributed by atoms with Crippen molar-refractivity contribution in [3.63, 3.8) is 0 Å². The molecule has 4 rings (SSSR count). The van der Waals surface area contributed by atoms with Gasteiger partial charge in [0, 0.05) is 18.5 Å². The van der Waals surface area contributed by atoms with E-state index in [1.807, 2.05) is 18.2 Å². The predicted octanol–water partition coefficient (Wildman–Crippen LogP) is 3.22. The van der Waals surface area contributed by atoms with Gasteiger partial charge in [-0.3, -0.25) is 4.79 Å². The number of benzene rings is 2. The molecule has 1 aliphatic heterocycles. The minimum absolute atomic E-state index is 0.286. The van der Waals surface area contributed by atoms with E-state index >= 15 is 0 Å². The van der Waals surface area contributed by atoms with Crippen LogP contribution in [0.25, 0.3) is 22.2 Å². The Labute approximate surface area is 116 Å². The number of fused-ring (bicyclic) bond motifs is 3. The zero-order chi connectivity index (χ0) is 13.5. The molecule has 0 atom stereocenters. The quantitative estimate of drug-likeness (QED) is 0.675. The average Bonchev–Trinajstić information content (AvgIpc) is 2.85. The number of hydrogen-bond donors (Lipinski definition) is 0. The molecule has 0 bridgehead atoms. The molecule has 0 amide bonds. The van der Waals surface area contributed by atoms with E-state index in [1.165, 1.54) is 5.56 Å². The molecule has 2 aromatic carbocycles. The van der Waals surface area contributed by atoms with Crippen molar-refractivity contribution in [2.45, 2.75) is 19.4 Å². The van der Waals surface area contributed by atoms with Gasteiger partial charge in [-0.05, 0) is 11.6 Å². The summed E-state index contributed by atoms with van der Waals surface area (Å²) in [6.07, 6.45) is 1.08. The Morgan fingerprint density at radius 3 is 2.70 bits per heavy atom. The molecule has 0 saturated carbocycles. The van der Waals surface area contributed by atoms with Gasteiger partial charge in [-0.1, -0.05) is 42.5 Å². The van der Waals surface area contributed by atoms with Crippen LogP contribution in [0, 0.1) is 0 Å². The predicted molar refractivity (Wildman–Crippen MR) is 78.5 cm³/mol. The van der Waals surface area contributed by atoms with Crippen molar-refractivity contribution in [3.8, 4) is 11.1 Å². The van der Waals surface area contributed by atoms with Crippen molar-refractivity contribution in [3.05, 3.63) is 54.4 Å². The van der Waals surface area contributed by atoms with Crippen LogP contribution in [0.1, 0.15) is 12.2 Å². The third-order valence-electron chi connectivity index (χ3n) is 3.91. The van der Waals surface area contributed by atoms with Gasteiger partial charge in [-0.25, -0.2) is 4.98 Å². The summed E-state index contributed by atoms with van der Waals surface area (Å²) < 4.78 is 2.18. The van der Waals surface area contributed by atoms with E-state index in [-0.39, 0.29) is 5.78 Å². The molecule has 1 aromatic heterocycles. The summed E-state index contributed by atoms with van der Waals surface area (Å²) in [6, 6.07) is 16.5. The van der Waals surface area contributed by atoms with Crippen molar-refractivity contribution >= 4 is 16.8 Å². The first-order valence-electron chi connectivity index (χ1n) is 6.88. The number of rotatable bonds is 1. The van der Waals surface area contributed by atoms with Gasteiger partial charge in [-0.2, -0.15) is 0 Å². The van der Waals surface area contributed by atoms with Gasteiger partial charge in [0.15, 0.2) is 0 Å². The molecule has 0 fully saturated rings. The van der Waals surface area contributed by atoms with E-state index in [0.717, 1.165) is 29.0 Å². The smallest absolute Gasteiger partial charge is 0.142 e. The van der Waals surface area contributed by atoms with Crippen molar-refractivity contribution in [1.29, 1.82) is 0 Å². The van der Waals surface area contributed by atoms with Crippen molar-refractivity contribution in [2.75, 3.05) is 0 Å². The van der Waals surface area contributed by atoms with E-state index in [4.69, 9.17) is 4.98 Å². The van der Waals surface area contributed by atoms with Gasteiger partial charge in [0.1, 0.15) is 11.6 Å². The highest BCUT2D eigenvalue weighted by molar-refractivity contribution is 5.93. The molecule has 20 heavy (non-hydrogen) atoms. The lowest BCUT2D eigenvalue weighted by Gasteiger charge is -2.13. The number of nitrogens with zero attached hydrogens (tertiary/aromatic N) is 2. The zero-order valence-corrected chi connectivity index (χ0v) is 11.0. The Balaban J connectivity index is 1.98. The maximum atomic E-state index is 11.6. The highest BCUT2D eigenvalue weighted by atomic mass is 16.1. The van der Waals surface area contributed by atoms with E-state index in [1.54, 1.807) is 0 Å². The molecule has 2 heterocycles. The highest BCUT2D eigenvalue weighted by Gasteiger charge is 2.20. The molecular formula is C17H14N2O. The van der Waals surface area contributed by atoms with Crippen LogP contribution < -0.4 is 0 Å². The number of imidazole rings is 1. The van der Waals surface area contributed by atoms with Crippen LogP contribution in [-0.2, 0) is 17.8 Å². The summed E-state index contributed by atoms with van der Waals surface area (Å²) >= 11 is 0. The van der Waals surface area contributed by atoms with Gasteiger partial charge < -0.3 is 4.57 Å². The molecule has 0 aliphatic carbocycles. The van der Waals surface area contributed by atoms with Gasteiger partial charge >= 0.3 is 0 Å². The molecule has 3 nitrogen and oxygen atoms in total. The van der Waals surface area contributed by atoms with Gasteiger partial charge in [0.2, 0.25) is 0 Å². The van der Waals surface area contributed by atoms with Crippen LogP contribution in [-0.4, -0.2) is 15.3 Å². The van der Waals surface area contributed by atoms with Crippen molar-refractivity contribution in [1.82, 2.24) is 9.55 Å². The van der Waals surface area contributed by atoms with Crippen molar-refractivity contribution < 1.29 is 4.79 Å². The zero-order valence-electron chi connectivity index (χ0n) is 11.0. The Morgan fingerprint density at radius 1 is 1.00 bits per heavy atom. The third-order valence-corrected chi connectivity index (χ3v) is 3.91. The third kappa shape index (κ3) is 1.67. The number of para-hydroxylation sites is 1. The molecule has 1 aliphatic rings. The van der Waals surface area contributed by atoms with Crippen LogP contribution in [0.15, 0.2) is 48.5 Å². The topological polar surface area (TPSA) is 34.9 Å². The monoisotopic (exact) mass is 262 g/mol. The first-order chi connectivity index (χ1) is 9.83. The SMILES string of the molecule is O=C1CCn2c(nc3c(-c4ccccc4)cccc32)C1. The fraction of sp³-hybridized carbons (Fsp3) is 0.176. The maximum absolute atomic E-state index is 11.6. The first kappa shape index (κ1) is 11.4. The summed E-state index contributed by atoms with van der Waals surface area (Å²) in [5.41, 5.74) is 4.44. The van der Waals surface area contributed by atoms with E-state index < -0.39 is 0 Å². The number of hydrogen-bond acceptors (Lipinski definition) is 2. The Bertz CT molecular complexity index is 802. The largest absolute Gasteiger partial charge is 0.327 e. The van der Waals surface area contributed by atoms with Gasteiger partial charge in [-0.15, -0.1) is 0 Å². The molecule has 0 spiro atoms. The molecule has 0 unspecified atom stereocenters. The fourth-order valence-corrected chi connectivity index (χ4v) is 2.93. The first-order valence-corrected chi connectivity index (χ1v) is 6.88. The molecule has 3 aromatic rings. The highest BCUT2D eigenvalue weighted by Crippen LogP contribution is 2.30. The van der Waals surface area contributed by atoms with Crippen LogP contribution in [0.3, 0.4) is 0 Å². The van der Waals surface area contributed by atoms with E-state index in [2.05, 4.69) is 34.9 Å². The lowest BCUT2D eigenvalue weighted by molar-refractivity contribution is -0.119. The number of carbonyl (C=O) groups is 1. The number of aromatic nitrogens is 2. The normalized spacial score (nSPS) is 14.5. The number of ketones is 1. The van der Waals surface area contributed by atoms with Crippen LogP contribution in [0.4, 0.5) is 0 Å². The van der Waals surface area contributed by atoms with Crippen LogP contribution in [0.2, 0.25) is 0 Å². The van der Waals surface area contributed by atoms with E-state index in [0.29, 0.717) is 12.8 Å². The number of aryl methyl sites for hydroxylation is 1. The van der Waals surface area contributed by atoms with Crippen LogP contribution >= 0.6 is 0 Å². The Kier molecular flexibility index (Phi) is 2.46. The second-order valence-corrected chi connectivity index (χ2v) is 5.18. The van der Waals surface area contributed by atoms with Gasteiger partial charge in [0.05, 0.1) is 17.5 Å². The molecule has 0 radical (unpaired) electrons. The second-order valence-electron chi connectivity index (χ2n) is 5.18. The summed E-state index contributed by atoms with van der Waals surface area (Å²) in [6.45, 7) is 0.753. The minimum atomic E-state index is 0.286. The lowest BCUT2D eigenvalue weighted by Crippen LogP contribution is -2.18. The van der Waals surface area contributed by atoms with Crippen LogP contribution in [0.5, 0.6) is 0 Å². The maximum Gasteiger partial charge on any atom is 0.142 e. The molecule has 98 valence electrons. The minimum Gasteiger partial charge on any atom is -0.327 e. The lowest BCUT2D eigenvalue weighted by atomic mass is 10.0. The van der Waals surface area contributed by atoms with Crippen molar-refractivity contribution in [2.24, 2.45) is 0 Å². The molecule has 0 N–H and O–H groups in total. The average molecular weight is 262 g/mol. The summed E-state index contributed by atoms with van der Waals surface area (Å²) in [7, 11) is 0. The molecule has 0 saturated heterocycles. The molecular weight excluding hydrogens is 248 g/mol. The number of carbonyl (C=O) groups excluding carboxylic acids is 1. The Morgan fingerprint density at radius 2 is 1.85 bits per heavy atom. The molecule has 3 heteroatoms. The number of Topliss-reactive ketones (excluding diaryl/α,β-unsaturated/α-hetero) is 1. The summed E-state index contributed by atoms with van der Waals surface area (Å²) in [4.78, 5) is 16.3. The second kappa shape index (κ2) is 4.30. The fourth-order valence-electron chi connectivity index (χ4n) is 2.93. The summed E-state index contributed by atoms with van der Waals surface area (Å²) in [5.74, 6) is 1.19. The van der Waals surface area contributed by atoms with Gasteiger partial charge in [0.25, 0.3) is 0 Å².